The molecule has 27 heavy (non-hydrogen) atoms. The lowest BCUT2D eigenvalue weighted by Crippen LogP contribution is -2.31. The van der Waals surface area contributed by atoms with Gasteiger partial charge in [-0.15, -0.1) is 0 Å². The van der Waals surface area contributed by atoms with E-state index >= 15 is 0 Å². The maximum absolute atomic E-state index is 13.8. The number of anilines is 1. The summed E-state index contributed by atoms with van der Waals surface area (Å²) in [5.74, 6) is -1.47. The monoisotopic (exact) mass is 391 g/mol. The van der Waals surface area contributed by atoms with E-state index in [2.05, 4.69) is 19.2 Å². The molecule has 4 nitrogen and oxygen atoms in total. The van der Waals surface area contributed by atoms with Crippen molar-refractivity contribution in [1.29, 1.82) is 0 Å². The predicted octanol–water partition coefficient (Wildman–Crippen LogP) is 5.11. The Morgan fingerprint density at radius 1 is 1.15 bits per heavy atom. The van der Waals surface area contributed by atoms with Gasteiger partial charge in [0.15, 0.2) is 6.10 Å². The first-order valence-electron chi connectivity index (χ1n) is 8.85. The molecule has 0 bridgehead atoms. The van der Waals surface area contributed by atoms with Crippen LogP contribution >= 0.6 is 11.6 Å². The first-order valence-corrected chi connectivity index (χ1v) is 9.23. The number of carbonyl (C=O) groups is 2. The average Bonchev–Trinajstić information content (AvgIpc) is 2.64. The molecule has 1 N–H and O–H groups in total. The van der Waals surface area contributed by atoms with E-state index in [1.165, 1.54) is 25.1 Å². The molecule has 0 spiro atoms. The molecule has 2 rings (SSSR count). The molecule has 0 aliphatic carbocycles. The van der Waals surface area contributed by atoms with Gasteiger partial charge in [0, 0.05) is 16.3 Å². The Kier molecular flexibility index (Phi) is 7.36. The summed E-state index contributed by atoms with van der Waals surface area (Å²) in [5, 5.41) is 2.95. The lowest BCUT2D eigenvalue weighted by Gasteiger charge is -2.18. The van der Waals surface area contributed by atoms with Gasteiger partial charge in [-0.1, -0.05) is 49.7 Å². The maximum Gasteiger partial charge on any atom is 0.311 e. The number of benzene rings is 2. The highest BCUT2D eigenvalue weighted by molar-refractivity contribution is 6.31. The summed E-state index contributed by atoms with van der Waals surface area (Å²) in [6.45, 7) is 5.62. The number of hydrogen-bond donors (Lipinski definition) is 1. The minimum Gasteiger partial charge on any atom is -0.452 e. The van der Waals surface area contributed by atoms with E-state index in [1.807, 2.05) is 24.3 Å². The number of esters is 1. The number of hydrogen-bond acceptors (Lipinski definition) is 3. The highest BCUT2D eigenvalue weighted by atomic mass is 35.5. The third-order valence-electron chi connectivity index (χ3n) is 4.42. The Morgan fingerprint density at radius 2 is 1.85 bits per heavy atom. The predicted molar refractivity (Wildman–Crippen MR) is 104 cm³/mol. The van der Waals surface area contributed by atoms with Gasteiger partial charge < -0.3 is 10.1 Å². The van der Waals surface area contributed by atoms with Crippen LogP contribution in [0.4, 0.5) is 10.1 Å². The molecule has 6 heteroatoms. The molecular weight excluding hydrogens is 369 g/mol. The molecule has 0 heterocycles. The van der Waals surface area contributed by atoms with Crippen molar-refractivity contribution in [3.05, 3.63) is 64.4 Å². The van der Waals surface area contributed by atoms with E-state index in [-0.39, 0.29) is 22.9 Å². The summed E-state index contributed by atoms with van der Waals surface area (Å²) in [4.78, 5) is 24.5. The minimum absolute atomic E-state index is 0.0545. The summed E-state index contributed by atoms with van der Waals surface area (Å²) >= 11 is 5.91. The summed E-state index contributed by atoms with van der Waals surface area (Å²) in [6.07, 6.45) is -0.430. The van der Waals surface area contributed by atoms with Gasteiger partial charge in [-0.3, -0.25) is 9.59 Å². The molecule has 0 fully saturated rings. The fraction of sp³-hybridized carbons (Fsp3) is 0.333. The second-order valence-electron chi connectivity index (χ2n) is 6.39. The van der Waals surface area contributed by atoms with E-state index in [9.17, 15) is 14.0 Å². The number of para-hydroxylation sites is 1. The number of carbonyl (C=O) groups excluding carboxylic acids is 2. The SMILES string of the molecule is CC[C@H](C)c1ccccc1NC(=O)[C@@H](C)OC(=O)Cc1c(F)cccc1Cl. The van der Waals surface area contributed by atoms with Crippen molar-refractivity contribution in [2.45, 2.75) is 45.6 Å². The van der Waals surface area contributed by atoms with Crippen LogP contribution in [-0.2, 0) is 20.7 Å². The number of rotatable bonds is 7. The van der Waals surface area contributed by atoms with Gasteiger partial charge in [0.2, 0.25) is 0 Å². The third kappa shape index (κ3) is 5.54. The lowest BCUT2D eigenvalue weighted by atomic mass is 9.97. The van der Waals surface area contributed by atoms with E-state index in [4.69, 9.17) is 16.3 Å². The number of nitrogens with one attached hydrogen (secondary N) is 1. The Bertz CT molecular complexity index is 805. The van der Waals surface area contributed by atoms with Crippen molar-refractivity contribution in [2.24, 2.45) is 0 Å². The zero-order valence-electron chi connectivity index (χ0n) is 15.6. The average molecular weight is 392 g/mol. The molecule has 0 saturated carbocycles. The van der Waals surface area contributed by atoms with Gasteiger partial charge in [-0.2, -0.15) is 0 Å². The van der Waals surface area contributed by atoms with Gasteiger partial charge in [0.25, 0.3) is 5.91 Å². The van der Waals surface area contributed by atoms with Gasteiger partial charge in [-0.25, -0.2) is 4.39 Å². The van der Waals surface area contributed by atoms with Crippen molar-refractivity contribution in [3.63, 3.8) is 0 Å². The molecule has 2 aromatic rings. The molecule has 2 atom stereocenters. The molecule has 0 aliphatic heterocycles. The molecule has 0 aliphatic rings. The van der Waals surface area contributed by atoms with Gasteiger partial charge in [0.05, 0.1) is 6.42 Å². The Hall–Kier alpha value is -2.40. The number of halogens is 2. The van der Waals surface area contributed by atoms with E-state index < -0.39 is 23.8 Å². The maximum atomic E-state index is 13.8. The molecule has 0 aromatic heterocycles. The normalized spacial score (nSPS) is 12.9. The topological polar surface area (TPSA) is 55.4 Å². The van der Waals surface area contributed by atoms with Crippen LogP contribution in [0.2, 0.25) is 5.02 Å². The van der Waals surface area contributed by atoms with Crippen molar-refractivity contribution < 1.29 is 18.7 Å². The zero-order valence-corrected chi connectivity index (χ0v) is 16.3. The van der Waals surface area contributed by atoms with Crippen LogP contribution in [0.1, 0.15) is 44.2 Å². The van der Waals surface area contributed by atoms with E-state index in [0.29, 0.717) is 5.69 Å². The van der Waals surface area contributed by atoms with Gasteiger partial charge in [-0.05, 0) is 43.0 Å². The van der Waals surface area contributed by atoms with Crippen LogP contribution in [-0.4, -0.2) is 18.0 Å². The molecule has 1 amide bonds. The molecular formula is C21H23ClFNO3. The van der Waals surface area contributed by atoms with Crippen molar-refractivity contribution in [2.75, 3.05) is 5.32 Å². The molecule has 0 saturated heterocycles. The van der Waals surface area contributed by atoms with Gasteiger partial charge >= 0.3 is 5.97 Å². The smallest absolute Gasteiger partial charge is 0.311 e. The van der Waals surface area contributed by atoms with Crippen LogP contribution in [0, 0.1) is 5.82 Å². The summed E-state index contributed by atoms with van der Waals surface area (Å²) in [7, 11) is 0. The summed E-state index contributed by atoms with van der Waals surface area (Å²) in [6, 6.07) is 11.7. The largest absolute Gasteiger partial charge is 0.452 e. The zero-order chi connectivity index (χ0) is 20.0. The highest BCUT2D eigenvalue weighted by Gasteiger charge is 2.21. The standard InChI is InChI=1S/C21H23ClFNO3/c1-4-13(2)15-8-5-6-11-19(15)24-21(26)14(3)27-20(25)12-16-17(22)9-7-10-18(16)23/h5-11,13-14H,4,12H2,1-3H3,(H,24,26)/t13-,14+/m0/s1. The number of amides is 1. The Morgan fingerprint density at radius 3 is 2.52 bits per heavy atom. The van der Waals surface area contributed by atoms with Crippen molar-refractivity contribution in [3.8, 4) is 0 Å². The highest BCUT2D eigenvalue weighted by Crippen LogP contribution is 2.26. The third-order valence-corrected chi connectivity index (χ3v) is 4.78. The fourth-order valence-corrected chi connectivity index (χ4v) is 2.86. The second-order valence-corrected chi connectivity index (χ2v) is 6.80. The second kappa shape index (κ2) is 9.51. The quantitative estimate of drug-likeness (QED) is 0.667. The fourth-order valence-electron chi connectivity index (χ4n) is 2.63. The first-order chi connectivity index (χ1) is 12.8. The van der Waals surface area contributed by atoms with Crippen LogP contribution in [0.3, 0.4) is 0 Å². The van der Waals surface area contributed by atoms with Crippen molar-refractivity contribution >= 4 is 29.2 Å². The van der Waals surface area contributed by atoms with Crippen molar-refractivity contribution in [1.82, 2.24) is 0 Å². The van der Waals surface area contributed by atoms with Crippen LogP contribution in [0.25, 0.3) is 0 Å². The number of ether oxygens (including phenoxy) is 1. The van der Waals surface area contributed by atoms with Crippen LogP contribution in [0.15, 0.2) is 42.5 Å². The minimum atomic E-state index is -1.02. The summed E-state index contributed by atoms with van der Waals surface area (Å²) < 4.78 is 18.9. The molecule has 144 valence electrons. The summed E-state index contributed by atoms with van der Waals surface area (Å²) in [5.41, 5.74) is 1.76. The van der Waals surface area contributed by atoms with Gasteiger partial charge in [0.1, 0.15) is 5.82 Å². The van der Waals surface area contributed by atoms with Crippen LogP contribution < -0.4 is 5.32 Å². The van der Waals surface area contributed by atoms with E-state index in [0.717, 1.165) is 12.0 Å². The van der Waals surface area contributed by atoms with E-state index in [1.54, 1.807) is 0 Å². The van der Waals surface area contributed by atoms with Crippen LogP contribution in [0.5, 0.6) is 0 Å². The Balaban J connectivity index is 2.01. The lowest BCUT2D eigenvalue weighted by molar-refractivity contribution is -0.152. The molecule has 0 radical (unpaired) electrons. The first kappa shape index (κ1) is 20.9. The Labute approximate surface area is 163 Å². The molecule has 2 aromatic carbocycles. The molecule has 0 unspecified atom stereocenters.